The van der Waals surface area contributed by atoms with E-state index in [0.29, 0.717) is 12.1 Å². The van der Waals surface area contributed by atoms with Crippen molar-refractivity contribution in [2.75, 3.05) is 0 Å². The Labute approximate surface area is 111 Å². The summed E-state index contributed by atoms with van der Waals surface area (Å²) in [4.78, 5) is 29.5. The van der Waals surface area contributed by atoms with Gasteiger partial charge in [-0.05, 0) is 12.3 Å². The summed E-state index contributed by atoms with van der Waals surface area (Å²) in [5.41, 5.74) is 6.36. The van der Waals surface area contributed by atoms with Gasteiger partial charge in [0.25, 0.3) is 0 Å². The minimum Gasteiger partial charge on any atom is -0.480 e. The van der Waals surface area contributed by atoms with Crippen LogP contribution in [0.15, 0.2) is 12.5 Å². The maximum atomic E-state index is 11.8. The van der Waals surface area contributed by atoms with Crippen LogP contribution in [-0.4, -0.2) is 39.0 Å². The molecule has 0 fully saturated rings. The third-order valence-corrected chi connectivity index (χ3v) is 2.66. The van der Waals surface area contributed by atoms with Gasteiger partial charge in [-0.15, -0.1) is 0 Å². The Bertz CT molecular complexity index is 417. The van der Waals surface area contributed by atoms with Crippen molar-refractivity contribution in [3.8, 4) is 0 Å². The molecule has 0 saturated carbocycles. The molecule has 0 aliphatic heterocycles. The van der Waals surface area contributed by atoms with E-state index in [1.165, 1.54) is 12.5 Å². The van der Waals surface area contributed by atoms with Gasteiger partial charge in [-0.2, -0.15) is 0 Å². The number of rotatable bonds is 7. The van der Waals surface area contributed by atoms with Gasteiger partial charge in [0.2, 0.25) is 5.91 Å². The third-order valence-electron chi connectivity index (χ3n) is 2.66. The number of aromatic amines is 1. The lowest BCUT2D eigenvalue weighted by molar-refractivity contribution is -0.142. The molecule has 0 radical (unpaired) electrons. The van der Waals surface area contributed by atoms with E-state index >= 15 is 0 Å². The van der Waals surface area contributed by atoms with Crippen molar-refractivity contribution in [1.82, 2.24) is 15.3 Å². The van der Waals surface area contributed by atoms with Crippen LogP contribution in [0, 0.1) is 5.92 Å². The zero-order valence-corrected chi connectivity index (χ0v) is 11.1. The van der Waals surface area contributed by atoms with Gasteiger partial charge in [-0.3, -0.25) is 4.79 Å². The zero-order chi connectivity index (χ0) is 14.4. The van der Waals surface area contributed by atoms with Crippen molar-refractivity contribution in [2.45, 2.75) is 38.8 Å². The highest BCUT2D eigenvalue weighted by Crippen LogP contribution is 2.04. The quantitative estimate of drug-likeness (QED) is 0.550. The molecular weight excluding hydrogens is 248 g/mol. The van der Waals surface area contributed by atoms with Crippen LogP contribution in [0.5, 0.6) is 0 Å². The number of aliphatic carboxylic acids is 1. The minimum atomic E-state index is -1.10. The van der Waals surface area contributed by atoms with Gasteiger partial charge >= 0.3 is 5.97 Å². The number of imidazole rings is 1. The molecule has 0 saturated heterocycles. The first-order valence-electron chi connectivity index (χ1n) is 6.16. The van der Waals surface area contributed by atoms with Crippen LogP contribution in [0.4, 0.5) is 0 Å². The van der Waals surface area contributed by atoms with E-state index in [0.717, 1.165) is 0 Å². The zero-order valence-electron chi connectivity index (χ0n) is 11.1. The molecule has 7 nitrogen and oxygen atoms in total. The molecule has 0 aliphatic carbocycles. The van der Waals surface area contributed by atoms with Crippen LogP contribution < -0.4 is 11.1 Å². The Morgan fingerprint density at radius 2 is 2.21 bits per heavy atom. The van der Waals surface area contributed by atoms with Gasteiger partial charge < -0.3 is 21.1 Å². The van der Waals surface area contributed by atoms with E-state index < -0.39 is 24.0 Å². The molecule has 0 aliphatic rings. The van der Waals surface area contributed by atoms with Crippen molar-refractivity contribution in [3.63, 3.8) is 0 Å². The Morgan fingerprint density at radius 3 is 2.68 bits per heavy atom. The predicted molar refractivity (Wildman–Crippen MR) is 69.3 cm³/mol. The van der Waals surface area contributed by atoms with Crippen LogP contribution in [0.1, 0.15) is 26.0 Å². The first-order valence-corrected chi connectivity index (χ1v) is 6.16. The van der Waals surface area contributed by atoms with E-state index in [9.17, 15) is 9.59 Å². The van der Waals surface area contributed by atoms with Gasteiger partial charge in [0.15, 0.2) is 0 Å². The van der Waals surface area contributed by atoms with E-state index in [2.05, 4.69) is 15.3 Å². The van der Waals surface area contributed by atoms with Crippen LogP contribution >= 0.6 is 0 Å². The SMILES string of the molecule is CC(C)C[C@H](N)C(=O)N[C@@H](Cc1cnc[nH]1)C(=O)O. The largest absolute Gasteiger partial charge is 0.480 e. The fraction of sp³-hybridized carbons (Fsp3) is 0.583. The average molecular weight is 268 g/mol. The highest BCUT2D eigenvalue weighted by atomic mass is 16.4. The molecule has 19 heavy (non-hydrogen) atoms. The number of carboxylic acid groups (broad SMARTS) is 1. The van der Waals surface area contributed by atoms with Gasteiger partial charge in [0, 0.05) is 18.3 Å². The smallest absolute Gasteiger partial charge is 0.326 e. The number of hydrogen-bond acceptors (Lipinski definition) is 4. The number of nitrogens with one attached hydrogen (secondary N) is 2. The van der Waals surface area contributed by atoms with Crippen LogP contribution in [0.2, 0.25) is 0 Å². The van der Waals surface area contributed by atoms with Crippen molar-refractivity contribution in [1.29, 1.82) is 0 Å². The first-order chi connectivity index (χ1) is 8.90. The Kier molecular flexibility index (Phi) is 5.50. The molecule has 0 unspecified atom stereocenters. The molecule has 1 amide bonds. The summed E-state index contributed by atoms with van der Waals surface area (Å²) in [5, 5.41) is 11.5. The van der Waals surface area contributed by atoms with E-state index in [1.54, 1.807) is 0 Å². The number of nitrogens with zero attached hydrogens (tertiary/aromatic N) is 1. The van der Waals surface area contributed by atoms with Gasteiger partial charge in [-0.25, -0.2) is 9.78 Å². The molecule has 2 atom stereocenters. The number of H-pyrrole nitrogens is 1. The summed E-state index contributed by atoms with van der Waals surface area (Å²) in [5.74, 6) is -1.27. The highest BCUT2D eigenvalue weighted by Gasteiger charge is 2.24. The fourth-order valence-electron chi connectivity index (χ4n) is 1.71. The summed E-state index contributed by atoms with van der Waals surface area (Å²) in [6, 6.07) is -1.70. The minimum absolute atomic E-state index is 0.148. The van der Waals surface area contributed by atoms with Crippen LogP contribution in [-0.2, 0) is 16.0 Å². The van der Waals surface area contributed by atoms with Crippen molar-refractivity contribution < 1.29 is 14.7 Å². The standard InChI is InChI=1S/C12H20N4O3/c1-7(2)3-9(13)11(17)16-10(12(18)19)4-8-5-14-6-15-8/h5-7,9-10H,3-4,13H2,1-2H3,(H,14,15)(H,16,17)(H,18,19)/t9-,10-/m0/s1. The third kappa shape index (κ3) is 5.09. The number of hydrogen-bond donors (Lipinski definition) is 4. The van der Waals surface area contributed by atoms with E-state index in [1.807, 2.05) is 13.8 Å². The average Bonchev–Trinajstić information content (AvgIpc) is 2.79. The Morgan fingerprint density at radius 1 is 1.53 bits per heavy atom. The molecule has 5 N–H and O–H groups in total. The summed E-state index contributed by atoms with van der Waals surface area (Å²) in [6.45, 7) is 3.90. The molecule has 0 aromatic carbocycles. The molecule has 1 heterocycles. The normalized spacial score (nSPS) is 14.1. The summed E-state index contributed by atoms with van der Waals surface area (Å²) in [7, 11) is 0. The van der Waals surface area contributed by atoms with Gasteiger partial charge in [0.05, 0.1) is 12.4 Å². The maximum absolute atomic E-state index is 11.8. The molecule has 0 spiro atoms. The molecule has 7 heteroatoms. The molecule has 1 aromatic heterocycles. The number of carbonyl (C=O) groups is 2. The molecule has 1 rings (SSSR count). The molecular formula is C12H20N4O3. The lowest BCUT2D eigenvalue weighted by Crippen LogP contribution is -2.49. The van der Waals surface area contributed by atoms with E-state index in [4.69, 9.17) is 10.8 Å². The summed E-state index contributed by atoms with van der Waals surface area (Å²) in [6.07, 6.45) is 3.65. The van der Waals surface area contributed by atoms with Gasteiger partial charge in [0.1, 0.15) is 6.04 Å². The number of aromatic nitrogens is 2. The topological polar surface area (TPSA) is 121 Å². The Hall–Kier alpha value is -1.89. The predicted octanol–water partition coefficient (Wildman–Crippen LogP) is -0.105. The number of amides is 1. The molecule has 1 aromatic rings. The second kappa shape index (κ2) is 6.89. The van der Waals surface area contributed by atoms with Crippen molar-refractivity contribution in [3.05, 3.63) is 18.2 Å². The van der Waals surface area contributed by atoms with Gasteiger partial charge in [-0.1, -0.05) is 13.8 Å². The van der Waals surface area contributed by atoms with E-state index in [-0.39, 0.29) is 12.3 Å². The summed E-state index contributed by atoms with van der Waals surface area (Å²) >= 11 is 0. The Balaban J connectivity index is 2.58. The monoisotopic (exact) mass is 268 g/mol. The fourth-order valence-corrected chi connectivity index (χ4v) is 1.71. The summed E-state index contributed by atoms with van der Waals surface area (Å²) < 4.78 is 0. The number of carbonyl (C=O) groups excluding carboxylic acids is 1. The lowest BCUT2D eigenvalue weighted by Gasteiger charge is -2.18. The molecule has 106 valence electrons. The number of carboxylic acids is 1. The van der Waals surface area contributed by atoms with Crippen LogP contribution in [0.3, 0.4) is 0 Å². The second-order valence-electron chi connectivity index (χ2n) is 4.92. The van der Waals surface area contributed by atoms with Crippen molar-refractivity contribution >= 4 is 11.9 Å². The van der Waals surface area contributed by atoms with Crippen LogP contribution in [0.25, 0.3) is 0 Å². The molecule has 0 bridgehead atoms. The maximum Gasteiger partial charge on any atom is 0.326 e. The highest BCUT2D eigenvalue weighted by molar-refractivity contribution is 5.86. The van der Waals surface area contributed by atoms with Crippen molar-refractivity contribution in [2.24, 2.45) is 11.7 Å². The first kappa shape index (κ1) is 15.2. The lowest BCUT2D eigenvalue weighted by atomic mass is 10.0. The number of nitrogens with two attached hydrogens (primary N) is 1. The second-order valence-corrected chi connectivity index (χ2v) is 4.92.